The van der Waals surface area contributed by atoms with Gasteiger partial charge in [-0.2, -0.15) is 4.98 Å². The van der Waals surface area contributed by atoms with E-state index in [2.05, 4.69) is 32.6 Å². The molecule has 0 fully saturated rings. The van der Waals surface area contributed by atoms with Gasteiger partial charge in [-0.1, -0.05) is 47.6 Å². The summed E-state index contributed by atoms with van der Waals surface area (Å²) in [5, 5.41) is 9.32. The molecule has 6 nitrogen and oxygen atoms in total. The van der Waals surface area contributed by atoms with Crippen LogP contribution in [0.15, 0.2) is 69.4 Å². The Morgan fingerprint density at radius 1 is 1.07 bits per heavy atom. The predicted octanol–water partition coefficient (Wildman–Crippen LogP) is 5.15. The minimum Gasteiger partial charge on any atom is -0.339 e. The lowest BCUT2D eigenvalue weighted by atomic mass is 10.2. The summed E-state index contributed by atoms with van der Waals surface area (Å²) in [7, 11) is 0. The number of hydrogen-bond donors (Lipinski definition) is 1. The number of hydrogen-bond acceptors (Lipinski definition) is 7. The lowest BCUT2D eigenvalue weighted by Crippen LogP contribution is -2.12. The minimum absolute atomic E-state index is 0.136. The first-order valence-electron chi connectivity index (χ1n) is 8.99. The van der Waals surface area contributed by atoms with Crippen LogP contribution in [0.4, 0.5) is 5.13 Å². The Balaban J connectivity index is 1.32. The fraction of sp³-hybridized carbons (Fsp3) is 0.143. The maximum absolute atomic E-state index is 12.3. The van der Waals surface area contributed by atoms with Gasteiger partial charge in [-0.3, -0.25) is 4.79 Å². The molecule has 8 heteroatoms. The predicted molar refractivity (Wildman–Crippen MR) is 116 cm³/mol. The van der Waals surface area contributed by atoms with Gasteiger partial charge >= 0.3 is 0 Å². The standard InChI is InChI=1S/C21H18N4O2S2/c1-28-16-9-7-14(8-10-16)17-13-29-21(22-17)23-18(26)11-12-19-24-20(25-27-19)15-5-3-2-4-6-15/h2-10,13H,11-12H2,1H3,(H,22,23,26). The Morgan fingerprint density at radius 2 is 1.86 bits per heavy atom. The number of amides is 1. The van der Waals surface area contributed by atoms with E-state index in [4.69, 9.17) is 4.52 Å². The summed E-state index contributed by atoms with van der Waals surface area (Å²) in [5.74, 6) is 0.828. The number of carbonyl (C=O) groups is 1. The second kappa shape index (κ2) is 9.02. The van der Waals surface area contributed by atoms with E-state index in [9.17, 15) is 4.79 Å². The first-order chi connectivity index (χ1) is 14.2. The third-order valence-electron chi connectivity index (χ3n) is 4.20. The van der Waals surface area contributed by atoms with Crippen molar-refractivity contribution in [3.63, 3.8) is 0 Å². The normalized spacial score (nSPS) is 10.8. The van der Waals surface area contributed by atoms with Crippen LogP contribution in [0.2, 0.25) is 0 Å². The second-order valence-electron chi connectivity index (χ2n) is 6.19. The van der Waals surface area contributed by atoms with Crippen molar-refractivity contribution in [2.24, 2.45) is 0 Å². The maximum atomic E-state index is 12.3. The SMILES string of the molecule is CSc1ccc(-c2csc(NC(=O)CCc3nc(-c4ccccc4)no3)n2)cc1. The summed E-state index contributed by atoms with van der Waals surface area (Å²) in [6.45, 7) is 0. The van der Waals surface area contributed by atoms with Gasteiger partial charge in [0.05, 0.1) is 5.69 Å². The molecule has 29 heavy (non-hydrogen) atoms. The lowest BCUT2D eigenvalue weighted by Gasteiger charge is -2.00. The number of aromatic nitrogens is 3. The number of carbonyl (C=O) groups excluding carboxylic acids is 1. The number of benzene rings is 2. The summed E-state index contributed by atoms with van der Waals surface area (Å²) >= 11 is 3.10. The van der Waals surface area contributed by atoms with Gasteiger partial charge in [0.15, 0.2) is 5.13 Å². The minimum atomic E-state index is -0.136. The molecule has 0 aliphatic carbocycles. The molecule has 0 spiro atoms. The van der Waals surface area contributed by atoms with E-state index < -0.39 is 0 Å². The number of thiazole rings is 1. The molecule has 0 saturated carbocycles. The van der Waals surface area contributed by atoms with Crippen LogP contribution in [0.3, 0.4) is 0 Å². The second-order valence-corrected chi connectivity index (χ2v) is 7.93. The highest BCUT2D eigenvalue weighted by Gasteiger charge is 2.12. The van der Waals surface area contributed by atoms with Crippen LogP contribution < -0.4 is 5.32 Å². The first-order valence-corrected chi connectivity index (χ1v) is 11.1. The van der Waals surface area contributed by atoms with Gasteiger partial charge in [-0.05, 0) is 18.4 Å². The largest absolute Gasteiger partial charge is 0.339 e. The summed E-state index contributed by atoms with van der Waals surface area (Å²) in [4.78, 5) is 22.3. The molecule has 0 bridgehead atoms. The number of aryl methyl sites for hydroxylation is 1. The molecule has 1 N–H and O–H groups in total. The summed E-state index contributed by atoms with van der Waals surface area (Å²) in [6, 6.07) is 17.8. The molecular weight excluding hydrogens is 404 g/mol. The van der Waals surface area contributed by atoms with Crippen molar-refractivity contribution in [1.29, 1.82) is 0 Å². The first kappa shape index (κ1) is 19.4. The zero-order valence-corrected chi connectivity index (χ0v) is 17.3. The zero-order chi connectivity index (χ0) is 20.1. The molecule has 146 valence electrons. The van der Waals surface area contributed by atoms with Gasteiger partial charge in [0.2, 0.25) is 17.6 Å². The molecule has 2 heterocycles. The van der Waals surface area contributed by atoms with Crippen LogP contribution in [0.1, 0.15) is 12.3 Å². The summed E-state index contributed by atoms with van der Waals surface area (Å²) in [6.07, 6.45) is 2.66. The molecule has 0 saturated heterocycles. The van der Waals surface area contributed by atoms with Crippen molar-refractivity contribution in [1.82, 2.24) is 15.1 Å². The van der Waals surface area contributed by atoms with Crippen molar-refractivity contribution in [2.45, 2.75) is 17.7 Å². The molecule has 0 unspecified atom stereocenters. The van der Waals surface area contributed by atoms with E-state index in [1.54, 1.807) is 11.8 Å². The van der Waals surface area contributed by atoms with Crippen LogP contribution >= 0.6 is 23.1 Å². The average Bonchev–Trinajstić information content (AvgIpc) is 3.43. The highest BCUT2D eigenvalue weighted by Crippen LogP contribution is 2.27. The quantitative estimate of drug-likeness (QED) is 0.415. The molecule has 4 aromatic rings. The van der Waals surface area contributed by atoms with Crippen molar-refractivity contribution in [2.75, 3.05) is 11.6 Å². The van der Waals surface area contributed by atoms with Crippen molar-refractivity contribution >= 4 is 34.1 Å². The van der Waals surface area contributed by atoms with E-state index >= 15 is 0 Å². The number of nitrogens with zero attached hydrogens (tertiary/aromatic N) is 3. The highest BCUT2D eigenvalue weighted by molar-refractivity contribution is 7.98. The Bertz CT molecular complexity index is 1090. The van der Waals surface area contributed by atoms with Gasteiger partial charge in [-0.25, -0.2) is 4.98 Å². The number of nitrogens with one attached hydrogen (secondary N) is 1. The van der Waals surface area contributed by atoms with Gasteiger partial charge in [0, 0.05) is 34.2 Å². The van der Waals surface area contributed by atoms with Crippen LogP contribution in [-0.4, -0.2) is 27.3 Å². The summed E-state index contributed by atoms with van der Waals surface area (Å²) < 4.78 is 5.24. The number of anilines is 1. The topological polar surface area (TPSA) is 80.9 Å². The Kier molecular flexibility index (Phi) is 6.02. The molecule has 1 amide bonds. The van der Waals surface area contributed by atoms with E-state index in [0.717, 1.165) is 16.8 Å². The smallest absolute Gasteiger partial charge is 0.227 e. The monoisotopic (exact) mass is 422 g/mol. The zero-order valence-electron chi connectivity index (χ0n) is 15.7. The molecular formula is C21H18N4O2S2. The van der Waals surface area contributed by atoms with Gasteiger partial charge < -0.3 is 9.84 Å². The number of rotatable bonds is 7. The molecule has 0 radical (unpaired) electrons. The van der Waals surface area contributed by atoms with E-state index in [1.807, 2.05) is 54.1 Å². The Hall–Kier alpha value is -2.97. The van der Waals surface area contributed by atoms with Crippen molar-refractivity contribution < 1.29 is 9.32 Å². The maximum Gasteiger partial charge on any atom is 0.227 e. The van der Waals surface area contributed by atoms with Crippen LogP contribution in [0, 0.1) is 0 Å². The van der Waals surface area contributed by atoms with Gasteiger partial charge in [0.1, 0.15) is 0 Å². The molecule has 0 aliphatic heterocycles. The van der Waals surface area contributed by atoms with Gasteiger partial charge in [0.25, 0.3) is 0 Å². The Morgan fingerprint density at radius 3 is 2.62 bits per heavy atom. The fourth-order valence-electron chi connectivity index (χ4n) is 2.69. The number of thioether (sulfide) groups is 1. The van der Waals surface area contributed by atoms with Crippen LogP contribution in [0.5, 0.6) is 0 Å². The van der Waals surface area contributed by atoms with Crippen LogP contribution in [-0.2, 0) is 11.2 Å². The molecule has 0 aliphatic rings. The third kappa shape index (κ3) is 4.90. The molecule has 0 atom stereocenters. The molecule has 2 aromatic carbocycles. The van der Waals surface area contributed by atoms with E-state index in [0.29, 0.717) is 23.3 Å². The third-order valence-corrected chi connectivity index (χ3v) is 5.70. The highest BCUT2D eigenvalue weighted by atomic mass is 32.2. The lowest BCUT2D eigenvalue weighted by molar-refractivity contribution is -0.116. The Labute approximate surface area is 176 Å². The molecule has 2 aromatic heterocycles. The van der Waals surface area contributed by atoms with E-state index in [1.165, 1.54) is 16.2 Å². The van der Waals surface area contributed by atoms with Gasteiger partial charge in [-0.15, -0.1) is 23.1 Å². The van der Waals surface area contributed by atoms with Crippen LogP contribution in [0.25, 0.3) is 22.6 Å². The van der Waals surface area contributed by atoms with Crippen molar-refractivity contribution in [3.05, 3.63) is 65.9 Å². The molecule has 4 rings (SSSR count). The van der Waals surface area contributed by atoms with E-state index in [-0.39, 0.29) is 12.3 Å². The van der Waals surface area contributed by atoms with Crippen molar-refractivity contribution in [3.8, 4) is 22.6 Å². The average molecular weight is 423 g/mol. The fourth-order valence-corrected chi connectivity index (χ4v) is 3.83. The summed E-state index contributed by atoms with van der Waals surface area (Å²) in [5.41, 5.74) is 2.76.